The van der Waals surface area contributed by atoms with Crippen LogP contribution in [0.2, 0.25) is 0 Å². The summed E-state index contributed by atoms with van der Waals surface area (Å²) >= 11 is 0. The zero-order valence-electron chi connectivity index (χ0n) is 15.4. The lowest BCUT2D eigenvalue weighted by Gasteiger charge is -2.46. The average Bonchev–Trinajstić information content (AvgIpc) is 3.14. The number of carbonyl (C=O) groups is 2. The summed E-state index contributed by atoms with van der Waals surface area (Å²) in [6.45, 7) is 1.28. The van der Waals surface area contributed by atoms with Crippen LogP contribution in [0.15, 0.2) is 54.9 Å². The number of likely N-dealkylation sites (tertiary alicyclic amines) is 1. The van der Waals surface area contributed by atoms with Crippen molar-refractivity contribution >= 4 is 11.8 Å². The number of hydrogen-bond donors (Lipinski definition) is 1. The Labute approximate surface area is 159 Å². The molecule has 2 heterocycles. The van der Waals surface area contributed by atoms with Gasteiger partial charge >= 0.3 is 0 Å². The molecule has 1 N–H and O–H groups in total. The number of piperidine rings is 1. The van der Waals surface area contributed by atoms with E-state index in [9.17, 15) is 9.59 Å². The lowest BCUT2D eigenvalue weighted by Crippen LogP contribution is -2.55. The maximum Gasteiger partial charge on any atom is 0.251 e. The molecule has 0 radical (unpaired) electrons. The number of rotatable bonds is 5. The van der Waals surface area contributed by atoms with Crippen LogP contribution >= 0.6 is 0 Å². The van der Waals surface area contributed by atoms with Crippen LogP contribution in [0.1, 0.15) is 48.0 Å². The van der Waals surface area contributed by atoms with E-state index in [2.05, 4.69) is 27.3 Å². The lowest BCUT2D eigenvalue weighted by molar-refractivity contribution is -0.142. The molecule has 5 nitrogen and oxygen atoms in total. The van der Waals surface area contributed by atoms with Gasteiger partial charge in [-0.05, 0) is 37.0 Å². The number of nitrogens with zero attached hydrogens (tertiary/aromatic N) is 2. The molecule has 2 amide bonds. The zero-order chi connectivity index (χ0) is 18.7. The minimum atomic E-state index is -0.0658. The Morgan fingerprint density at radius 2 is 1.93 bits per heavy atom. The molecule has 27 heavy (non-hydrogen) atoms. The van der Waals surface area contributed by atoms with Crippen LogP contribution in [0.25, 0.3) is 0 Å². The third kappa shape index (κ3) is 3.59. The molecule has 2 atom stereocenters. The highest BCUT2D eigenvalue weighted by molar-refractivity contribution is 5.94. The zero-order valence-corrected chi connectivity index (χ0v) is 15.4. The molecule has 0 unspecified atom stereocenters. The van der Waals surface area contributed by atoms with E-state index in [1.807, 2.05) is 18.2 Å². The van der Waals surface area contributed by atoms with Gasteiger partial charge in [0, 0.05) is 48.9 Å². The van der Waals surface area contributed by atoms with Crippen LogP contribution in [0.3, 0.4) is 0 Å². The van der Waals surface area contributed by atoms with Gasteiger partial charge in [-0.1, -0.05) is 36.8 Å². The normalized spacial score (nSPS) is 24.5. The molecule has 5 heteroatoms. The van der Waals surface area contributed by atoms with Crippen molar-refractivity contribution < 1.29 is 9.59 Å². The van der Waals surface area contributed by atoms with Crippen LogP contribution in [0.4, 0.5) is 0 Å². The fourth-order valence-corrected chi connectivity index (χ4v) is 4.71. The Hall–Kier alpha value is -2.69. The second-order valence-electron chi connectivity index (χ2n) is 7.70. The van der Waals surface area contributed by atoms with Crippen molar-refractivity contribution in [2.24, 2.45) is 5.41 Å². The SMILES string of the molecule is O=C(NC[C@@]12CCC[C@H]1N(Cc1ccccc1)C(=O)CC2)c1ccncc1. The third-order valence-corrected chi connectivity index (χ3v) is 6.13. The number of amides is 2. The van der Waals surface area contributed by atoms with Crippen LogP contribution in [-0.2, 0) is 11.3 Å². The summed E-state index contributed by atoms with van der Waals surface area (Å²) in [6.07, 6.45) is 7.87. The largest absolute Gasteiger partial charge is 0.351 e. The number of carbonyl (C=O) groups excluding carboxylic acids is 2. The molecule has 1 saturated carbocycles. The molecule has 2 aromatic rings. The molecule has 2 fully saturated rings. The number of hydrogen-bond acceptors (Lipinski definition) is 3. The first-order valence-electron chi connectivity index (χ1n) is 9.70. The van der Waals surface area contributed by atoms with Crippen molar-refractivity contribution in [3.63, 3.8) is 0 Å². The van der Waals surface area contributed by atoms with E-state index in [4.69, 9.17) is 0 Å². The number of fused-ring (bicyclic) bond motifs is 1. The first-order valence-corrected chi connectivity index (χ1v) is 9.70. The van der Waals surface area contributed by atoms with E-state index >= 15 is 0 Å². The predicted molar refractivity (Wildman–Crippen MR) is 103 cm³/mol. The second kappa shape index (κ2) is 7.51. The molecule has 1 aromatic heterocycles. The number of pyridine rings is 1. The molecular formula is C22H25N3O2. The number of benzene rings is 1. The summed E-state index contributed by atoms with van der Waals surface area (Å²) in [4.78, 5) is 31.2. The second-order valence-corrected chi connectivity index (χ2v) is 7.70. The summed E-state index contributed by atoms with van der Waals surface area (Å²) in [5, 5.41) is 3.13. The average molecular weight is 363 g/mol. The highest BCUT2D eigenvalue weighted by Gasteiger charge is 2.50. The van der Waals surface area contributed by atoms with E-state index < -0.39 is 0 Å². The van der Waals surface area contributed by atoms with E-state index in [1.165, 1.54) is 0 Å². The van der Waals surface area contributed by atoms with Gasteiger partial charge in [0.1, 0.15) is 0 Å². The molecule has 1 saturated heterocycles. The molecular weight excluding hydrogens is 338 g/mol. The van der Waals surface area contributed by atoms with Crippen LogP contribution < -0.4 is 5.32 Å². The van der Waals surface area contributed by atoms with Gasteiger partial charge in [0.2, 0.25) is 5.91 Å². The van der Waals surface area contributed by atoms with Crippen molar-refractivity contribution in [2.45, 2.75) is 44.7 Å². The summed E-state index contributed by atoms with van der Waals surface area (Å²) in [5.74, 6) is 0.172. The van der Waals surface area contributed by atoms with Gasteiger partial charge in [-0.2, -0.15) is 0 Å². The van der Waals surface area contributed by atoms with Crippen molar-refractivity contribution in [2.75, 3.05) is 6.54 Å². The molecule has 2 aliphatic rings. The van der Waals surface area contributed by atoms with Gasteiger partial charge in [0.15, 0.2) is 0 Å². The Morgan fingerprint density at radius 3 is 2.70 bits per heavy atom. The quantitative estimate of drug-likeness (QED) is 0.887. The topological polar surface area (TPSA) is 62.3 Å². The van der Waals surface area contributed by atoms with Gasteiger partial charge in [-0.15, -0.1) is 0 Å². The smallest absolute Gasteiger partial charge is 0.251 e. The monoisotopic (exact) mass is 363 g/mol. The fraction of sp³-hybridized carbons (Fsp3) is 0.409. The van der Waals surface area contributed by atoms with Gasteiger partial charge in [0.25, 0.3) is 5.91 Å². The van der Waals surface area contributed by atoms with Crippen LogP contribution in [-0.4, -0.2) is 34.3 Å². The van der Waals surface area contributed by atoms with Crippen molar-refractivity contribution in [3.8, 4) is 0 Å². The van der Waals surface area contributed by atoms with Crippen molar-refractivity contribution in [1.29, 1.82) is 0 Å². The minimum Gasteiger partial charge on any atom is -0.351 e. The van der Waals surface area contributed by atoms with Crippen molar-refractivity contribution in [3.05, 3.63) is 66.0 Å². The molecule has 4 rings (SSSR count). The maximum atomic E-state index is 12.7. The Morgan fingerprint density at radius 1 is 1.15 bits per heavy atom. The fourth-order valence-electron chi connectivity index (χ4n) is 4.71. The van der Waals surface area contributed by atoms with Gasteiger partial charge in [-0.3, -0.25) is 14.6 Å². The third-order valence-electron chi connectivity index (χ3n) is 6.13. The first-order chi connectivity index (χ1) is 13.2. The molecule has 1 aliphatic carbocycles. The summed E-state index contributed by atoms with van der Waals surface area (Å²) in [6, 6.07) is 13.8. The summed E-state index contributed by atoms with van der Waals surface area (Å²) in [5.41, 5.74) is 1.78. The standard InChI is InChI=1S/C22H25N3O2/c26-20-8-12-22(16-24-21(27)18-9-13-23-14-10-18)11-4-7-19(22)25(20)15-17-5-2-1-3-6-17/h1-3,5-6,9-10,13-14,19H,4,7-8,11-12,15-16H2,(H,24,27)/t19-,22+/m1/s1. The number of nitrogens with one attached hydrogen (secondary N) is 1. The molecule has 0 spiro atoms. The Bertz CT molecular complexity index is 809. The van der Waals surface area contributed by atoms with Gasteiger partial charge in [-0.25, -0.2) is 0 Å². The highest BCUT2D eigenvalue weighted by atomic mass is 16.2. The highest BCUT2D eigenvalue weighted by Crippen LogP contribution is 2.48. The van der Waals surface area contributed by atoms with E-state index in [1.54, 1.807) is 24.5 Å². The lowest BCUT2D eigenvalue weighted by atomic mass is 9.74. The minimum absolute atomic E-state index is 0.00855. The van der Waals surface area contributed by atoms with Gasteiger partial charge < -0.3 is 10.2 Å². The first kappa shape index (κ1) is 17.7. The van der Waals surface area contributed by atoms with Gasteiger partial charge in [0.05, 0.1) is 0 Å². The summed E-state index contributed by atoms with van der Waals surface area (Å²) in [7, 11) is 0. The number of aromatic nitrogens is 1. The molecule has 1 aromatic carbocycles. The van der Waals surface area contributed by atoms with E-state index in [-0.39, 0.29) is 23.3 Å². The van der Waals surface area contributed by atoms with Crippen molar-refractivity contribution in [1.82, 2.24) is 15.2 Å². The van der Waals surface area contributed by atoms with Crippen LogP contribution in [0, 0.1) is 5.41 Å². The van der Waals surface area contributed by atoms with E-state index in [0.717, 1.165) is 31.2 Å². The summed E-state index contributed by atoms with van der Waals surface area (Å²) < 4.78 is 0. The Kier molecular flexibility index (Phi) is 4.92. The Balaban J connectivity index is 1.49. The molecule has 1 aliphatic heterocycles. The van der Waals surface area contributed by atoms with E-state index in [0.29, 0.717) is 25.1 Å². The van der Waals surface area contributed by atoms with Crippen LogP contribution in [0.5, 0.6) is 0 Å². The molecule has 0 bridgehead atoms. The predicted octanol–water partition coefficient (Wildman–Crippen LogP) is 3.17. The molecule has 140 valence electrons. The maximum absolute atomic E-state index is 12.7.